The molecule has 0 saturated carbocycles. The minimum Gasteiger partial charge on any atom is -0.430 e. The molecule has 9 heteroatoms. The fourth-order valence-corrected chi connectivity index (χ4v) is 3.49. The minimum absolute atomic E-state index is 0.00512. The Balaban J connectivity index is 1.41. The zero-order valence-corrected chi connectivity index (χ0v) is 14.7. The lowest BCUT2D eigenvalue weighted by molar-refractivity contribution is 0.0972. The molecule has 2 aliphatic rings. The highest BCUT2D eigenvalue weighted by Crippen LogP contribution is 2.33. The summed E-state index contributed by atoms with van der Waals surface area (Å²) in [4.78, 5) is 28.0. The number of pyridine rings is 2. The van der Waals surface area contributed by atoms with E-state index in [0.29, 0.717) is 30.2 Å². The van der Waals surface area contributed by atoms with Gasteiger partial charge in [-0.05, 0) is 30.7 Å². The molecule has 142 valence electrons. The van der Waals surface area contributed by atoms with Crippen LogP contribution in [0.2, 0.25) is 0 Å². The van der Waals surface area contributed by atoms with E-state index in [1.54, 1.807) is 35.5 Å². The number of aromatic nitrogens is 3. The molecule has 2 aliphatic heterocycles. The van der Waals surface area contributed by atoms with Gasteiger partial charge in [-0.15, -0.1) is 0 Å². The SMILES string of the molecule is O=C1c2oc(-c3ccc(N4CCC(F)C4)nc3F)nc2CN1c1cccnc1. The van der Waals surface area contributed by atoms with Gasteiger partial charge in [-0.2, -0.15) is 4.39 Å². The van der Waals surface area contributed by atoms with Gasteiger partial charge in [0.15, 0.2) is 0 Å². The molecule has 28 heavy (non-hydrogen) atoms. The molecular weight excluding hydrogens is 368 g/mol. The van der Waals surface area contributed by atoms with Gasteiger partial charge in [-0.25, -0.2) is 14.4 Å². The Morgan fingerprint density at radius 1 is 1.21 bits per heavy atom. The number of hydrogen-bond donors (Lipinski definition) is 0. The van der Waals surface area contributed by atoms with E-state index in [1.807, 2.05) is 0 Å². The lowest BCUT2D eigenvalue weighted by Crippen LogP contribution is -2.23. The van der Waals surface area contributed by atoms with Crippen LogP contribution in [0.3, 0.4) is 0 Å². The van der Waals surface area contributed by atoms with Crippen LogP contribution in [-0.4, -0.2) is 40.1 Å². The van der Waals surface area contributed by atoms with Crippen molar-refractivity contribution in [3.05, 3.63) is 54.1 Å². The molecule has 3 aromatic heterocycles. The second-order valence-electron chi connectivity index (χ2n) is 6.74. The van der Waals surface area contributed by atoms with Gasteiger partial charge in [0.05, 0.1) is 30.5 Å². The summed E-state index contributed by atoms with van der Waals surface area (Å²) in [7, 11) is 0. The molecular formula is C19H15F2N5O2. The van der Waals surface area contributed by atoms with Gasteiger partial charge in [0.25, 0.3) is 5.91 Å². The third-order valence-corrected chi connectivity index (χ3v) is 4.92. The van der Waals surface area contributed by atoms with Crippen LogP contribution in [0.5, 0.6) is 0 Å². The fraction of sp³-hybridized carbons (Fsp3) is 0.263. The zero-order chi connectivity index (χ0) is 19.3. The zero-order valence-electron chi connectivity index (χ0n) is 14.7. The van der Waals surface area contributed by atoms with Crippen molar-refractivity contribution in [3.8, 4) is 11.5 Å². The maximum atomic E-state index is 14.6. The lowest BCUT2D eigenvalue weighted by atomic mass is 10.2. The summed E-state index contributed by atoms with van der Waals surface area (Å²) in [5.41, 5.74) is 1.14. The van der Waals surface area contributed by atoms with E-state index in [-0.39, 0.29) is 36.2 Å². The predicted octanol–water partition coefficient (Wildman–Crippen LogP) is 2.98. The Bertz CT molecular complexity index is 1060. The highest BCUT2D eigenvalue weighted by Gasteiger charge is 2.35. The van der Waals surface area contributed by atoms with Crippen LogP contribution in [0.15, 0.2) is 41.1 Å². The van der Waals surface area contributed by atoms with Crippen molar-refractivity contribution in [2.24, 2.45) is 0 Å². The lowest BCUT2D eigenvalue weighted by Gasteiger charge is -2.16. The number of alkyl halides is 1. The maximum absolute atomic E-state index is 14.6. The normalized spacial score (nSPS) is 18.8. The van der Waals surface area contributed by atoms with E-state index in [0.717, 1.165) is 0 Å². The van der Waals surface area contributed by atoms with Gasteiger partial charge >= 0.3 is 0 Å². The molecule has 0 radical (unpaired) electrons. The number of rotatable bonds is 3. The molecule has 0 aliphatic carbocycles. The van der Waals surface area contributed by atoms with Crippen molar-refractivity contribution in [2.75, 3.05) is 22.9 Å². The van der Waals surface area contributed by atoms with Crippen molar-refractivity contribution in [3.63, 3.8) is 0 Å². The molecule has 0 N–H and O–H groups in total. The first kappa shape index (κ1) is 16.8. The van der Waals surface area contributed by atoms with E-state index >= 15 is 0 Å². The number of halogens is 2. The van der Waals surface area contributed by atoms with E-state index in [1.165, 1.54) is 11.0 Å². The summed E-state index contributed by atoms with van der Waals surface area (Å²) in [5, 5.41) is 0. The van der Waals surface area contributed by atoms with E-state index in [2.05, 4.69) is 15.0 Å². The summed E-state index contributed by atoms with van der Waals surface area (Å²) >= 11 is 0. The molecule has 1 atom stereocenters. The average Bonchev–Trinajstić information content (AvgIpc) is 3.39. The van der Waals surface area contributed by atoms with Crippen LogP contribution in [-0.2, 0) is 6.54 Å². The summed E-state index contributed by atoms with van der Waals surface area (Å²) in [5.74, 6) is -0.652. The molecule has 3 aromatic rings. The highest BCUT2D eigenvalue weighted by atomic mass is 19.1. The Kier molecular flexibility index (Phi) is 3.81. The van der Waals surface area contributed by atoms with Crippen molar-refractivity contribution in [1.29, 1.82) is 0 Å². The number of anilines is 2. The Labute approximate surface area is 158 Å². The summed E-state index contributed by atoms with van der Waals surface area (Å²) in [6.45, 7) is 0.929. The largest absolute Gasteiger partial charge is 0.430 e. The summed E-state index contributed by atoms with van der Waals surface area (Å²) in [6, 6.07) is 6.60. The molecule has 0 spiro atoms. The first-order valence-electron chi connectivity index (χ1n) is 8.87. The molecule has 1 saturated heterocycles. The van der Waals surface area contributed by atoms with Crippen LogP contribution >= 0.6 is 0 Å². The third-order valence-electron chi connectivity index (χ3n) is 4.92. The van der Waals surface area contributed by atoms with Crippen molar-refractivity contribution in [1.82, 2.24) is 15.0 Å². The monoisotopic (exact) mass is 383 g/mol. The van der Waals surface area contributed by atoms with Crippen LogP contribution in [0, 0.1) is 5.95 Å². The number of fused-ring (bicyclic) bond motifs is 1. The van der Waals surface area contributed by atoms with Gasteiger partial charge in [0, 0.05) is 12.7 Å². The Morgan fingerprint density at radius 3 is 2.79 bits per heavy atom. The van der Waals surface area contributed by atoms with Gasteiger partial charge in [0.1, 0.15) is 17.7 Å². The molecule has 1 unspecified atom stereocenters. The van der Waals surface area contributed by atoms with Crippen LogP contribution in [0.1, 0.15) is 22.7 Å². The first-order chi connectivity index (χ1) is 13.6. The van der Waals surface area contributed by atoms with Gasteiger partial charge in [-0.1, -0.05) is 0 Å². The van der Waals surface area contributed by atoms with E-state index in [9.17, 15) is 13.6 Å². The Morgan fingerprint density at radius 2 is 2.11 bits per heavy atom. The molecule has 0 bridgehead atoms. The second kappa shape index (κ2) is 6.36. The Hall–Kier alpha value is -3.36. The van der Waals surface area contributed by atoms with Crippen LogP contribution < -0.4 is 9.80 Å². The van der Waals surface area contributed by atoms with Crippen molar-refractivity contribution >= 4 is 17.4 Å². The molecule has 0 aromatic carbocycles. The minimum atomic E-state index is -0.923. The molecule has 1 fully saturated rings. The maximum Gasteiger partial charge on any atom is 0.296 e. The highest BCUT2D eigenvalue weighted by molar-refractivity contribution is 6.07. The van der Waals surface area contributed by atoms with Gasteiger partial charge < -0.3 is 9.32 Å². The number of amides is 1. The quantitative estimate of drug-likeness (QED) is 0.648. The fourth-order valence-electron chi connectivity index (χ4n) is 3.49. The van der Waals surface area contributed by atoms with Gasteiger partial charge in [-0.3, -0.25) is 14.7 Å². The smallest absolute Gasteiger partial charge is 0.296 e. The number of hydrogen-bond acceptors (Lipinski definition) is 6. The topological polar surface area (TPSA) is 75.4 Å². The molecule has 5 heterocycles. The van der Waals surface area contributed by atoms with E-state index in [4.69, 9.17) is 4.42 Å². The van der Waals surface area contributed by atoms with Crippen molar-refractivity contribution < 1.29 is 18.0 Å². The van der Waals surface area contributed by atoms with Crippen LogP contribution in [0.25, 0.3) is 11.5 Å². The van der Waals surface area contributed by atoms with Gasteiger partial charge in [0.2, 0.25) is 17.6 Å². The predicted molar refractivity (Wildman–Crippen MR) is 96.2 cm³/mol. The summed E-state index contributed by atoms with van der Waals surface area (Å²) < 4.78 is 33.5. The average molecular weight is 383 g/mol. The number of oxazole rings is 1. The van der Waals surface area contributed by atoms with Crippen LogP contribution in [0.4, 0.5) is 20.3 Å². The number of nitrogens with zero attached hydrogens (tertiary/aromatic N) is 5. The molecule has 7 nitrogen and oxygen atoms in total. The number of carbonyl (C=O) groups excluding carboxylic acids is 1. The third kappa shape index (κ3) is 2.70. The molecule has 5 rings (SSSR count). The standard InChI is InChI=1S/C19H15F2N5O2/c20-11-5-7-25(9-11)15-4-3-13(17(21)24-15)18-23-14-10-26(19(27)16(14)28-18)12-2-1-6-22-8-12/h1-4,6,8,11H,5,7,9-10H2. The second-order valence-corrected chi connectivity index (χ2v) is 6.74. The molecule has 1 amide bonds. The van der Waals surface area contributed by atoms with Crippen molar-refractivity contribution in [2.45, 2.75) is 19.1 Å². The first-order valence-corrected chi connectivity index (χ1v) is 8.87. The number of carbonyl (C=O) groups is 1. The van der Waals surface area contributed by atoms with E-state index < -0.39 is 12.1 Å². The summed E-state index contributed by atoms with van der Waals surface area (Å²) in [6.07, 6.45) is 2.68.